The van der Waals surface area contributed by atoms with Crippen molar-refractivity contribution in [2.45, 2.75) is 26.8 Å². The largest absolute Gasteiger partial charge is 0.495 e. The molecular weight excluding hydrogens is 421 g/mol. The average Bonchev–Trinajstić information content (AvgIpc) is 3.53. The number of aryl methyl sites for hydroxylation is 1. The third kappa shape index (κ3) is 4.24. The van der Waals surface area contributed by atoms with E-state index in [4.69, 9.17) is 4.74 Å². The summed E-state index contributed by atoms with van der Waals surface area (Å²) in [4.78, 5) is 24.9. The van der Waals surface area contributed by atoms with Crippen LogP contribution in [0.25, 0.3) is 11.8 Å². The summed E-state index contributed by atoms with van der Waals surface area (Å²) >= 11 is 0. The Kier molecular flexibility index (Phi) is 6.26. The quantitative estimate of drug-likeness (QED) is 0.523. The van der Waals surface area contributed by atoms with Crippen molar-refractivity contribution in [2.75, 3.05) is 13.7 Å². The minimum Gasteiger partial charge on any atom is -0.495 e. The number of fused-ring (bicyclic) bond motifs is 1. The van der Waals surface area contributed by atoms with Gasteiger partial charge in [-0.2, -0.15) is 0 Å². The molecule has 3 heterocycles. The van der Waals surface area contributed by atoms with Crippen molar-refractivity contribution in [3.05, 3.63) is 98.9 Å². The van der Waals surface area contributed by atoms with Crippen LogP contribution in [-0.4, -0.2) is 32.8 Å². The lowest BCUT2D eigenvalue weighted by molar-refractivity contribution is 0.413. The van der Waals surface area contributed by atoms with E-state index in [9.17, 15) is 9.18 Å². The van der Waals surface area contributed by atoms with Gasteiger partial charge >= 0.3 is 0 Å². The highest BCUT2D eigenvalue weighted by Gasteiger charge is 2.23. The van der Waals surface area contributed by atoms with E-state index in [2.05, 4.69) is 15.0 Å². The first-order valence-electron chi connectivity index (χ1n) is 10.8. The van der Waals surface area contributed by atoms with E-state index in [1.807, 2.05) is 49.7 Å². The van der Waals surface area contributed by atoms with E-state index < -0.39 is 0 Å². The highest BCUT2D eigenvalue weighted by atomic mass is 19.1. The predicted octanol–water partition coefficient (Wildman–Crippen LogP) is 2.90. The number of hydrogen-bond donors (Lipinski definition) is 1. The maximum absolute atomic E-state index is 13.3. The van der Waals surface area contributed by atoms with Crippen molar-refractivity contribution in [3.63, 3.8) is 0 Å². The fourth-order valence-electron chi connectivity index (χ4n) is 3.87. The van der Waals surface area contributed by atoms with Crippen LogP contribution in [0.1, 0.15) is 36.7 Å². The van der Waals surface area contributed by atoms with Gasteiger partial charge in [-0.25, -0.2) is 14.4 Å². The zero-order valence-electron chi connectivity index (χ0n) is 19.0. The third-order valence-electron chi connectivity index (χ3n) is 5.41. The predicted molar refractivity (Wildman–Crippen MR) is 125 cm³/mol. The molecule has 2 aromatic carbocycles. The lowest BCUT2D eigenvalue weighted by Gasteiger charge is -2.11. The topological polar surface area (TPSA) is 77.2 Å². The first kappa shape index (κ1) is 22.3. The molecule has 0 fully saturated rings. The zero-order chi connectivity index (χ0) is 23.5. The summed E-state index contributed by atoms with van der Waals surface area (Å²) in [5, 5.41) is 0.429. The van der Waals surface area contributed by atoms with Crippen LogP contribution in [0.15, 0.2) is 64.8 Å². The van der Waals surface area contributed by atoms with Gasteiger partial charge in [0, 0.05) is 6.20 Å². The molecule has 0 spiro atoms. The summed E-state index contributed by atoms with van der Waals surface area (Å²) in [7, 11) is 1.61. The number of nitrogens with zero attached hydrogens (tertiary/aromatic N) is 4. The Morgan fingerprint density at radius 1 is 1.18 bits per heavy atom. The smallest absolute Gasteiger partial charge is 0.277 e. The molecule has 4 aromatic rings. The lowest BCUT2D eigenvalue weighted by atomic mass is 10.1. The number of halogens is 1. The monoisotopic (exact) mass is 447 g/mol. The van der Waals surface area contributed by atoms with Crippen LogP contribution >= 0.6 is 0 Å². The minimum atomic E-state index is -0.308. The van der Waals surface area contributed by atoms with Gasteiger partial charge in [0.25, 0.3) is 5.56 Å². The number of benzene rings is 2. The van der Waals surface area contributed by atoms with Crippen molar-refractivity contribution >= 4 is 6.08 Å². The number of rotatable bonds is 4. The summed E-state index contributed by atoms with van der Waals surface area (Å²) in [6.45, 7) is 6.37. The van der Waals surface area contributed by atoms with E-state index >= 15 is 0 Å². The van der Waals surface area contributed by atoms with Gasteiger partial charge in [0.15, 0.2) is 0 Å². The number of methoxy groups -OCH3 is 1. The van der Waals surface area contributed by atoms with E-state index in [-0.39, 0.29) is 17.4 Å². The summed E-state index contributed by atoms with van der Waals surface area (Å²) in [5.41, 5.74) is 3.77. The number of ether oxygens (including phenoxy) is 1. The standard InChI is InChI=1S/C23H20FN5O2.C2H6/c1-14-12-28(13-26-14)19-8-3-15(10-21(19)31-2)9-18-22(30)29-20(11-25-23(29)27-18)16-4-6-17(24)7-5-16;1-2/h3-10,12-13,20H,11H2,1-2H3,(H,25,27);1-2H3/b18-9-;. The highest BCUT2D eigenvalue weighted by molar-refractivity contribution is 5.58. The Labute approximate surface area is 190 Å². The molecule has 170 valence electrons. The number of hydrogen-bond acceptors (Lipinski definition) is 4. The Morgan fingerprint density at radius 3 is 2.61 bits per heavy atom. The van der Waals surface area contributed by atoms with E-state index in [1.54, 1.807) is 36.2 Å². The molecule has 1 aliphatic heterocycles. The number of aromatic nitrogens is 4. The normalized spacial score (nSPS) is 14.9. The van der Waals surface area contributed by atoms with Crippen molar-refractivity contribution in [1.29, 1.82) is 0 Å². The summed E-state index contributed by atoms with van der Waals surface area (Å²) in [6.07, 6.45) is 5.42. The van der Waals surface area contributed by atoms with Crippen LogP contribution < -0.4 is 21.3 Å². The molecule has 33 heavy (non-hydrogen) atoms. The van der Waals surface area contributed by atoms with Crippen LogP contribution in [0.4, 0.5) is 4.39 Å². The zero-order valence-corrected chi connectivity index (χ0v) is 19.0. The molecule has 0 saturated carbocycles. The first-order valence-corrected chi connectivity index (χ1v) is 10.8. The molecule has 7 nitrogen and oxygen atoms in total. The Hall–Kier alpha value is -3.94. The van der Waals surface area contributed by atoms with Crippen molar-refractivity contribution in [3.8, 4) is 11.4 Å². The van der Waals surface area contributed by atoms with Gasteiger partial charge < -0.3 is 14.3 Å². The first-order chi connectivity index (χ1) is 16.0. The third-order valence-corrected chi connectivity index (χ3v) is 5.41. The van der Waals surface area contributed by atoms with Gasteiger partial charge in [-0.15, -0.1) is 0 Å². The second-order valence-electron chi connectivity index (χ2n) is 7.44. The van der Waals surface area contributed by atoms with Gasteiger partial charge in [-0.3, -0.25) is 9.36 Å². The number of nitrogens with one attached hydrogen (secondary N) is 1. The Morgan fingerprint density at radius 2 is 1.94 bits per heavy atom. The van der Waals surface area contributed by atoms with E-state index in [1.165, 1.54) is 12.1 Å². The van der Waals surface area contributed by atoms with Gasteiger partial charge in [-0.05, 0) is 48.4 Å². The highest BCUT2D eigenvalue weighted by Crippen LogP contribution is 2.25. The fraction of sp³-hybridized carbons (Fsp3) is 0.240. The second-order valence-corrected chi connectivity index (χ2v) is 7.44. The number of imidazole rings is 2. The van der Waals surface area contributed by atoms with Gasteiger partial charge in [-0.1, -0.05) is 32.0 Å². The molecular formula is C25H26FN5O2. The molecule has 0 saturated heterocycles. The van der Waals surface area contributed by atoms with Crippen LogP contribution in [-0.2, 0) is 0 Å². The SMILES string of the molecule is CC.COc1cc(/C=c2\[nH]c3n(c2=O)C(c2ccc(F)cc2)CN=3)ccc1-n1cnc(C)c1. The molecule has 0 bridgehead atoms. The maximum Gasteiger partial charge on any atom is 0.277 e. The van der Waals surface area contributed by atoms with Gasteiger partial charge in [0.1, 0.15) is 16.9 Å². The van der Waals surface area contributed by atoms with Gasteiger partial charge in [0.05, 0.1) is 37.4 Å². The van der Waals surface area contributed by atoms with Crippen LogP contribution in [0.3, 0.4) is 0 Å². The maximum atomic E-state index is 13.3. The number of H-pyrrole nitrogens is 1. The average molecular weight is 448 g/mol. The van der Waals surface area contributed by atoms with Gasteiger partial charge in [0.2, 0.25) is 5.62 Å². The lowest BCUT2D eigenvalue weighted by Crippen LogP contribution is -2.33. The Balaban J connectivity index is 0.00000126. The number of aromatic amines is 1. The van der Waals surface area contributed by atoms with Crippen LogP contribution in [0.2, 0.25) is 0 Å². The van der Waals surface area contributed by atoms with Crippen LogP contribution in [0, 0.1) is 12.7 Å². The van der Waals surface area contributed by atoms with Crippen molar-refractivity contribution in [2.24, 2.45) is 4.99 Å². The van der Waals surface area contributed by atoms with E-state index in [0.29, 0.717) is 23.3 Å². The molecule has 1 atom stereocenters. The fourth-order valence-corrected chi connectivity index (χ4v) is 3.87. The molecule has 0 aliphatic carbocycles. The molecule has 2 aromatic heterocycles. The van der Waals surface area contributed by atoms with Crippen LogP contribution in [0.5, 0.6) is 5.75 Å². The molecule has 1 N–H and O–H groups in total. The molecule has 5 rings (SSSR count). The van der Waals surface area contributed by atoms with Crippen molar-refractivity contribution < 1.29 is 9.13 Å². The second kappa shape index (κ2) is 9.28. The summed E-state index contributed by atoms with van der Waals surface area (Å²) in [5.74, 6) is 0.358. The van der Waals surface area contributed by atoms with Crippen molar-refractivity contribution in [1.82, 2.24) is 19.1 Å². The minimum absolute atomic E-state index is 0.168. The molecule has 8 heteroatoms. The summed E-state index contributed by atoms with van der Waals surface area (Å²) < 4.78 is 22.3. The Bertz CT molecular complexity index is 1450. The summed E-state index contributed by atoms with van der Waals surface area (Å²) in [6, 6.07) is 11.6. The molecule has 0 radical (unpaired) electrons. The molecule has 1 unspecified atom stereocenters. The van der Waals surface area contributed by atoms with E-state index in [0.717, 1.165) is 22.5 Å². The molecule has 0 amide bonds. The molecule has 1 aliphatic rings.